The number of hydrogen-bond acceptors (Lipinski definition) is 3. The Bertz CT molecular complexity index is 726. The predicted octanol–water partition coefficient (Wildman–Crippen LogP) is 1.92. The van der Waals surface area contributed by atoms with E-state index in [4.69, 9.17) is 4.74 Å². The van der Waals surface area contributed by atoms with Crippen LogP contribution in [0.5, 0.6) is 5.75 Å². The molecule has 0 aliphatic heterocycles. The predicted molar refractivity (Wildman–Crippen MR) is 99.9 cm³/mol. The molecule has 6 nitrogen and oxygen atoms in total. The van der Waals surface area contributed by atoms with Gasteiger partial charge < -0.3 is 20.7 Å². The van der Waals surface area contributed by atoms with Gasteiger partial charge in [-0.2, -0.15) is 0 Å². The van der Waals surface area contributed by atoms with Crippen LogP contribution in [0.15, 0.2) is 53.5 Å². The van der Waals surface area contributed by atoms with Gasteiger partial charge in [-0.25, -0.2) is 0 Å². The first kappa shape index (κ1) is 18.3. The lowest BCUT2D eigenvalue weighted by atomic mass is 10.1. The summed E-state index contributed by atoms with van der Waals surface area (Å²) in [5.41, 5.74) is 2.76. The second-order valence-corrected chi connectivity index (χ2v) is 5.37. The number of nitrogens with zero attached hydrogens (tertiary/aromatic N) is 1. The Labute approximate surface area is 148 Å². The average molecular weight is 340 g/mol. The first-order valence-electron chi connectivity index (χ1n) is 8.05. The molecule has 2 rings (SSSR count). The smallest absolute Gasteiger partial charge is 0.251 e. The zero-order valence-corrected chi connectivity index (χ0v) is 14.8. The summed E-state index contributed by atoms with van der Waals surface area (Å²) in [6, 6.07) is 15.3. The van der Waals surface area contributed by atoms with Gasteiger partial charge >= 0.3 is 0 Å². The SMILES string of the molecule is CN=C(NCc1ccc(C(=O)NC)cc1)NCc1ccccc1OC. The summed E-state index contributed by atoms with van der Waals surface area (Å²) in [5.74, 6) is 1.45. The van der Waals surface area contributed by atoms with Crippen LogP contribution in [-0.4, -0.2) is 33.1 Å². The van der Waals surface area contributed by atoms with Crippen LogP contribution in [0.3, 0.4) is 0 Å². The maximum atomic E-state index is 11.5. The Hall–Kier alpha value is -3.02. The monoisotopic (exact) mass is 340 g/mol. The number of guanidine groups is 1. The number of nitrogens with one attached hydrogen (secondary N) is 3. The molecule has 0 aliphatic rings. The van der Waals surface area contributed by atoms with E-state index >= 15 is 0 Å². The third-order valence-corrected chi connectivity index (χ3v) is 3.77. The minimum absolute atomic E-state index is 0.0891. The fraction of sp³-hybridized carbons (Fsp3) is 0.263. The summed E-state index contributed by atoms with van der Waals surface area (Å²) in [7, 11) is 5.01. The average Bonchev–Trinajstić information content (AvgIpc) is 2.68. The molecule has 2 aromatic carbocycles. The van der Waals surface area contributed by atoms with Gasteiger partial charge in [0.2, 0.25) is 0 Å². The zero-order chi connectivity index (χ0) is 18.1. The first-order chi connectivity index (χ1) is 12.2. The van der Waals surface area contributed by atoms with E-state index in [2.05, 4.69) is 20.9 Å². The van der Waals surface area contributed by atoms with Crippen LogP contribution in [0.4, 0.5) is 0 Å². The standard InChI is InChI=1S/C19H24N4O2/c1-20-18(24)15-10-8-14(9-11-15)12-22-19(21-2)23-13-16-6-4-5-7-17(16)25-3/h4-11H,12-13H2,1-3H3,(H,20,24)(H2,21,22,23). The van der Waals surface area contributed by atoms with Crippen molar-refractivity contribution in [1.29, 1.82) is 0 Å². The highest BCUT2D eigenvalue weighted by Crippen LogP contribution is 2.16. The maximum Gasteiger partial charge on any atom is 0.251 e. The normalized spacial score (nSPS) is 10.9. The molecule has 0 saturated heterocycles. The molecule has 0 heterocycles. The van der Waals surface area contributed by atoms with Crippen molar-refractivity contribution in [3.8, 4) is 5.75 Å². The lowest BCUT2D eigenvalue weighted by molar-refractivity contribution is 0.0963. The molecular formula is C19H24N4O2. The van der Waals surface area contributed by atoms with Gasteiger partial charge in [0.15, 0.2) is 5.96 Å². The van der Waals surface area contributed by atoms with Crippen LogP contribution >= 0.6 is 0 Å². The van der Waals surface area contributed by atoms with Crippen molar-refractivity contribution in [3.63, 3.8) is 0 Å². The molecular weight excluding hydrogens is 316 g/mol. The molecule has 132 valence electrons. The van der Waals surface area contributed by atoms with E-state index in [-0.39, 0.29) is 5.91 Å². The van der Waals surface area contributed by atoms with Crippen molar-refractivity contribution in [2.24, 2.45) is 4.99 Å². The highest BCUT2D eigenvalue weighted by molar-refractivity contribution is 5.93. The summed E-state index contributed by atoms with van der Waals surface area (Å²) in [5, 5.41) is 9.13. The number of carbonyl (C=O) groups is 1. The Morgan fingerprint density at radius 1 is 1.04 bits per heavy atom. The summed E-state index contributed by atoms with van der Waals surface area (Å²) >= 11 is 0. The van der Waals surface area contributed by atoms with E-state index in [1.165, 1.54) is 0 Å². The van der Waals surface area contributed by atoms with E-state index < -0.39 is 0 Å². The van der Waals surface area contributed by atoms with Crippen LogP contribution in [0.2, 0.25) is 0 Å². The molecule has 0 aromatic heterocycles. The molecule has 2 aromatic rings. The minimum Gasteiger partial charge on any atom is -0.496 e. The zero-order valence-electron chi connectivity index (χ0n) is 14.8. The fourth-order valence-electron chi connectivity index (χ4n) is 2.35. The summed E-state index contributed by atoms with van der Waals surface area (Å²) < 4.78 is 5.35. The van der Waals surface area contributed by atoms with Gasteiger partial charge in [-0.3, -0.25) is 9.79 Å². The Morgan fingerprint density at radius 3 is 2.36 bits per heavy atom. The highest BCUT2D eigenvalue weighted by Gasteiger charge is 2.05. The number of hydrogen-bond donors (Lipinski definition) is 3. The number of amides is 1. The molecule has 0 bridgehead atoms. The Morgan fingerprint density at radius 2 is 1.72 bits per heavy atom. The van der Waals surface area contributed by atoms with Crippen molar-refractivity contribution < 1.29 is 9.53 Å². The summed E-state index contributed by atoms with van der Waals surface area (Å²) in [4.78, 5) is 15.8. The molecule has 0 atom stereocenters. The molecule has 0 fully saturated rings. The van der Waals surface area contributed by atoms with E-state index in [1.807, 2.05) is 36.4 Å². The van der Waals surface area contributed by atoms with Crippen LogP contribution < -0.4 is 20.7 Å². The van der Waals surface area contributed by atoms with Gasteiger partial charge in [0.25, 0.3) is 5.91 Å². The molecule has 1 amide bonds. The summed E-state index contributed by atoms with van der Waals surface area (Å²) in [6.07, 6.45) is 0. The fourth-order valence-corrected chi connectivity index (χ4v) is 2.35. The topological polar surface area (TPSA) is 74.8 Å². The molecule has 0 saturated carbocycles. The molecule has 25 heavy (non-hydrogen) atoms. The number of benzene rings is 2. The maximum absolute atomic E-state index is 11.5. The third-order valence-electron chi connectivity index (χ3n) is 3.77. The van der Waals surface area contributed by atoms with Gasteiger partial charge in [-0.1, -0.05) is 30.3 Å². The molecule has 0 unspecified atom stereocenters. The van der Waals surface area contributed by atoms with Crippen molar-refractivity contribution in [2.75, 3.05) is 21.2 Å². The number of methoxy groups -OCH3 is 1. The minimum atomic E-state index is -0.0891. The van der Waals surface area contributed by atoms with Crippen molar-refractivity contribution >= 4 is 11.9 Å². The van der Waals surface area contributed by atoms with Crippen LogP contribution in [0.25, 0.3) is 0 Å². The van der Waals surface area contributed by atoms with Crippen LogP contribution in [-0.2, 0) is 13.1 Å². The number of ether oxygens (including phenoxy) is 1. The second-order valence-electron chi connectivity index (χ2n) is 5.37. The molecule has 3 N–H and O–H groups in total. The van der Waals surface area contributed by atoms with Crippen molar-refractivity contribution in [2.45, 2.75) is 13.1 Å². The lowest BCUT2D eigenvalue weighted by Crippen LogP contribution is -2.36. The first-order valence-corrected chi connectivity index (χ1v) is 8.05. The highest BCUT2D eigenvalue weighted by atomic mass is 16.5. The van der Waals surface area contributed by atoms with Crippen LogP contribution in [0.1, 0.15) is 21.5 Å². The Kier molecular flexibility index (Phi) is 6.83. The third kappa shape index (κ3) is 5.24. The number of para-hydroxylation sites is 1. The van der Waals surface area contributed by atoms with E-state index in [9.17, 15) is 4.79 Å². The van der Waals surface area contributed by atoms with E-state index in [1.54, 1.807) is 33.3 Å². The van der Waals surface area contributed by atoms with Gasteiger partial charge in [0.1, 0.15) is 5.75 Å². The Balaban J connectivity index is 1.89. The van der Waals surface area contributed by atoms with Gasteiger partial charge in [-0.15, -0.1) is 0 Å². The van der Waals surface area contributed by atoms with E-state index in [0.717, 1.165) is 16.9 Å². The quantitative estimate of drug-likeness (QED) is 0.555. The van der Waals surface area contributed by atoms with Gasteiger partial charge in [0, 0.05) is 38.3 Å². The van der Waals surface area contributed by atoms with Gasteiger partial charge in [-0.05, 0) is 23.8 Å². The van der Waals surface area contributed by atoms with Gasteiger partial charge in [0.05, 0.1) is 7.11 Å². The molecule has 0 aliphatic carbocycles. The second kappa shape index (κ2) is 9.32. The van der Waals surface area contributed by atoms with Crippen LogP contribution in [0, 0.1) is 0 Å². The molecule has 0 radical (unpaired) electrons. The molecule has 0 spiro atoms. The van der Waals surface area contributed by atoms with E-state index in [0.29, 0.717) is 24.6 Å². The number of rotatable bonds is 6. The van der Waals surface area contributed by atoms with Crippen molar-refractivity contribution in [1.82, 2.24) is 16.0 Å². The molecule has 6 heteroatoms. The largest absolute Gasteiger partial charge is 0.496 e. The lowest BCUT2D eigenvalue weighted by Gasteiger charge is -2.14. The number of aliphatic imine (C=N–C) groups is 1. The summed E-state index contributed by atoms with van der Waals surface area (Å²) in [6.45, 7) is 1.22. The van der Waals surface area contributed by atoms with Crippen molar-refractivity contribution in [3.05, 3.63) is 65.2 Å². The number of carbonyl (C=O) groups excluding carboxylic acids is 1.